The number of piperidine rings is 1. The monoisotopic (exact) mass is 470 g/mol. The molecular weight excluding hydrogens is 440 g/mol. The smallest absolute Gasteiger partial charge is 0.232 e. The highest BCUT2D eigenvalue weighted by Gasteiger charge is 2.21. The maximum absolute atomic E-state index is 5.54. The molecule has 0 unspecified atom stereocenters. The van der Waals surface area contributed by atoms with Gasteiger partial charge in [-0.25, -0.2) is 0 Å². The van der Waals surface area contributed by atoms with E-state index in [1.807, 2.05) is 18.2 Å². The van der Waals surface area contributed by atoms with Crippen molar-refractivity contribution in [3.05, 3.63) is 29.8 Å². The molecule has 4 heterocycles. The van der Waals surface area contributed by atoms with Crippen LogP contribution in [0.5, 0.6) is 11.5 Å². The predicted molar refractivity (Wildman–Crippen MR) is 131 cm³/mol. The SMILES string of the molecule is CC1CCN(c2cc(N3CCOCC3)nc(NC(=S)NCc3ccc4c(c3)OCO4)n2)CC1. The van der Waals surface area contributed by atoms with E-state index in [1.165, 1.54) is 12.8 Å². The molecule has 9 nitrogen and oxygen atoms in total. The molecule has 176 valence electrons. The van der Waals surface area contributed by atoms with Crippen molar-refractivity contribution in [2.45, 2.75) is 26.3 Å². The van der Waals surface area contributed by atoms with Crippen LogP contribution in [0.4, 0.5) is 17.6 Å². The second kappa shape index (κ2) is 9.96. The number of anilines is 3. The molecule has 0 aliphatic carbocycles. The molecule has 0 bridgehead atoms. The Morgan fingerprint density at radius 1 is 1.00 bits per heavy atom. The molecule has 2 aromatic rings. The van der Waals surface area contributed by atoms with Crippen molar-refractivity contribution in [1.82, 2.24) is 15.3 Å². The first kappa shape index (κ1) is 22.0. The Labute approximate surface area is 199 Å². The van der Waals surface area contributed by atoms with E-state index in [0.717, 1.165) is 60.8 Å². The maximum atomic E-state index is 5.54. The summed E-state index contributed by atoms with van der Waals surface area (Å²) in [5, 5.41) is 6.91. The molecule has 1 aromatic heterocycles. The summed E-state index contributed by atoms with van der Waals surface area (Å²) in [5.74, 6) is 4.65. The number of aromatic nitrogens is 2. The third-order valence-electron chi connectivity index (χ3n) is 6.26. The number of thiocarbonyl (C=S) groups is 1. The van der Waals surface area contributed by atoms with Gasteiger partial charge < -0.3 is 34.6 Å². The van der Waals surface area contributed by atoms with E-state index in [2.05, 4.69) is 33.4 Å². The highest BCUT2D eigenvalue weighted by molar-refractivity contribution is 7.80. The molecule has 0 amide bonds. The van der Waals surface area contributed by atoms with E-state index in [0.29, 0.717) is 30.8 Å². The largest absolute Gasteiger partial charge is 0.454 e. The van der Waals surface area contributed by atoms with Crippen LogP contribution in [-0.4, -0.2) is 61.3 Å². The van der Waals surface area contributed by atoms with Gasteiger partial charge in [0.2, 0.25) is 12.7 Å². The lowest BCUT2D eigenvalue weighted by Gasteiger charge is -2.33. The van der Waals surface area contributed by atoms with Gasteiger partial charge in [0, 0.05) is 38.8 Å². The molecule has 3 aliphatic heterocycles. The number of fused-ring (bicyclic) bond motifs is 1. The quantitative estimate of drug-likeness (QED) is 0.637. The minimum atomic E-state index is 0.265. The van der Waals surface area contributed by atoms with Crippen molar-refractivity contribution in [2.24, 2.45) is 5.92 Å². The van der Waals surface area contributed by atoms with Crippen molar-refractivity contribution < 1.29 is 14.2 Å². The first-order valence-corrected chi connectivity index (χ1v) is 11.9. The molecule has 0 radical (unpaired) electrons. The first-order valence-electron chi connectivity index (χ1n) is 11.5. The van der Waals surface area contributed by atoms with Gasteiger partial charge in [0.1, 0.15) is 11.6 Å². The van der Waals surface area contributed by atoms with Gasteiger partial charge in [-0.05, 0) is 48.7 Å². The lowest BCUT2D eigenvalue weighted by molar-refractivity contribution is 0.122. The van der Waals surface area contributed by atoms with E-state index < -0.39 is 0 Å². The standard InChI is InChI=1S/C23H30N6O3S/c1-16-4-6-28(7-5-16)20-13-21(29-8-10-30-11-9-29)26-22(25-20)27-23(33)24-14-17-2-3-18-19(12-17)32-15-31-18/h2-3,12-13,16H,4-11,14-15H2,1H3,(H2,24,25,26,27,33). The van der Waals surface area contributed by atoms with Gasteiger partial charge >= 0.3 is 0 Å². The Morgan fingerprint density at radius 2 is 1.70 bits per heavy atom. The van der Waals surface area contributed by atoms with Crippen molar-refractivity contribution in [3.8, 4) is 11.5 Å². The summed E-state index contributed by atoms with van der Waals surface area (Å²) in [7, 11) is 0. The fraction of sp³-hybridized carbons (Fsp3) is 0.522. The minimum Gasteiger partial charge on any atom is -0.454 e. The fourth-order valence-corrected chi connectivity index (χ4v) is 4.37. The molecule has 0 atom stereocenters. The van der Waals surface area contributed by atoms with E-state index in [1.54, 1.807) is 0 Å². The van der Waals surface area contributed by atoms with Gasteiger partial charge in [-0.2, -0.15) is 9.97 Å². The highest BCUT2D eigenvalue weighted by Crippen LogP contribution is 2.32. The number of benzene rings is 1. The Kier molecular flexibility index (Phi) is 6.63. The topological polar surface area (TPSA) is 84.0 Å². The van der Waals surface area contributed by atoms with E-state index in [-0.39, 0.29) is 6.79 Å². The Morgan fingerprint density at radius 3 is 2.45 bits per heavy atom. The van der Waals surface area contributed by atoms with Gasteiger partial charge in [0.15, 0.2) is 16.6 Å². The number of nitrogens with zero attached hydrogens (tertiary/aromatic N) is 4. The van der Waals surface area contributed by atoms with Crippen molar-refractivity contribution in [3.63, 3.8) is 0 Å². The summed E-state index contributed by atoms with van der Waals surface area (Å²) in [5.41, 5.74) is 1.05. The van der Waals surface area contributed by atoms with Crippen LogP contribution in [0.3, 0.4) is 0 Å². The molecule has 0 spiro atoms. The Balaban J connectivity index is 1.28. The summed E-state index contributed by atoms with van der Waals surface area (Å²) >= 11 is 5.54. The average molecular weight is 471 g/mol. The third kappa shape index (κ3) is 5.39. The van der Waals surface area contributed by atoms with Crippen LogP contribution in [0.25, 0.3) is 0 Å². The van der Waals surface area contributed by atoms with Crippen LogP contribution in [0.2, 0.25) is 0 Å². The van der Waals surface area contributed by atoms with Gasteiger partial charge in [-0.1, -0.05) is 13.0 Å². The Bertz CT molecular complexity index is 992. The summed E-state index contributed by atoms with van der Waals surface area (Å²) in [6, 6.07) is 7.96. The minimum absolute atomic E-state index is 0.265. The number of ether oxygens (including phenoxy) is 3. The van der Waals surface area contributed by atoms with Crippen LogP contribution in [0.1, 0.15) is 25.3 Å². The van der Waals surface area contributed by atoms with Gasteiger partial charge in [0.05, 0.1) is 13.2 Å². The second-order valence-electron chi connectivity index (χ2n) is 8.67. The van der Waals surface area contributed by atoms with Gasteiger partial charge in [-0.3, -0.25) is 0 Å². The molecule has 2 saturated heterocycles. The number of hydrogen-bond donors (Lipinski definition) is 2. The van der Waals surface area contributed by atoms with Crippen molar-refractivity contribution >= 4 is 34.9 Å². The molecule has 2 fully saturated rings. The number of nitrogens with one attached hydrogen (secondary N) is 2. The van der Waals surface area contributed by atoms with E-state index >= 15 is 0 Å². The summed E-state index contributed by atoms with van der Waals surface area (Å²) in [6.45, 7) is 8.20. The van der Waals surface area contributed by atoms with Crippen LogP contribution in [-0.2, 0) is 11.3 Å². The van der Waals surface area contributed by atoms with Gasteiger partial charge in [-0.15, -0.1) is 0 Å². The zero-order chi connectivity index (χ0) is 22.6. The van der Waals surface area contributed by atoms with Gasteiger partial charge in [0.25, 0.3) is 0 Å². The van der Waals surface area contributed by atoms with Crippen LogP contribution in [0.15, 0.2) is 24.3 Å². The predicted octanol–water partition coefficient (Wildman–Crippen LogP) is 2.76. The summed E-state index contributed by atoms with van der Waals surface area (Å²) in [6.07, 6.45) is 2.35. The zero-order valence-electron chi connectivity index (χ0n) is 18.9. The summed E-state index contributed by atoms with van der Waals surface area (Å²) < 4.78 is 16.3. The normalized spacial score (nSPS) is 18.3. The third-order valence-corrected chi connectivity index (χ3v) is 6.50. The lowest BCUT2D eigenvalue weighted by atomic mass is 9.99. The second-order valence-corrected chi connectivity index (χ2v) is 9.08. The molecule has 5 rings (SSSR count). The molecule has 10 heteroatoms. The maximum Gasteiger partial charge on any atom is 0.232 e. The Hall–Kier alpha value is -2.85. The lowest BCUT2D eigenvalue weighted by Crippen LogP contribution is -2.38. The van der Waals surface area contributed by atoms with Crippen LogP contribution < -0.4 is 29.9 Å². The molecule has 0 saturated carbocycles. The molecule has 3 aliphatic rings. The van der Waals surface area contributed by atoms with E-state index in [9.17, 15) is 0 Å². The van der Waals surface area contributed by atoms with Crippen molar-refractivity contribution in [2.75, 3.05) is 61.3 Å². The molecular formula is C23H30N6O3S. The summed E-state index contributed by atoms with van der Waals surface area (Å²) in [4.78, 5) is 14.2. The number of morpholine rings is 1. The van der Waals surface area contributed by atoms with Crippen LogP contribution >= 0.6 is 12.2 Å². The molecule has 33 heavy (non-hydrogen) atoms. The number of hydrogen-bond acceptors (Lipinski definition) is 8. The molecule has 2 N–H and O–H groups in total. The average Bonchev–Trinajstić information content (AvgIpc) is 3.31. The molecule has 1 aromatic carbocycles. The highest BCUT2D eigenvalue weighted by atomic mass is 32.1. The van der Waals surface area contributed by atoms with E-state index in [4.69, 9.17) is 36.4 Å². The number of rotatable bonds is 5. The zero-order valence-corrected chi connectivity index (χ0v) is 19.7. The first-order chi connectivity index (χ1) is 16.1. The van der Waals surface area contributed by atoms with Crippen LogP contribution in [0, 0.1) is 5.92 Å². The fourth-order valence-electron chi connectivity index (χ4n) is 4.21. The van der Waals surface area contributed by atoms with Crippen molar-refractivity contribution in [1.29, 1.82) is 0 Å².